The van der Waals surface area contributed by atoms with Gasteiger partial charge in [0, 0.05) is 0 Å². The van der Waals surface area contributed by atoms with Gasteiger partial charge < -0.3 is 0 Å². The van der Waals surface area contributed by atoms with Crippen LogP contribution < -0.4 is 0 Å². The molecule has 0 aromatic rings. The zero-order valence-electron chi connectivity index (χ0n) is 15.5. The van der Waals surface area contributed by atoms with Crippen LogP contribution in [0, 0.1) is 0 Å². The van der Waals surface area contributed by atoms with Crippen LogP contribution in [-0.4, -0.2) is 78.2 Å². The van der Waals surface area contributed by atoms with Gasteiger partial charge in [0.2, 0.25) is 0 Å². The molecular weight excluding hydrogens is 448 g/mol. The van der Waals surface area contributed by atoms with Crippen LogP contribution in [0.2, 0.25) is 8.18 Å². The normalized spacial score (nSPS) is 12.8. The van der Waals surface area contributed by atoms with Crippen molar-refractivity contribution in [2.45, 2.75) is 49.7 Å². The van der Waals surface area contributed by atoms with Gasteiger partial charge in [0.25, 0.3) is 0 Å². The predicted molar refractivity (Wildman–Crippen MR) is 96.6 cm³/mol. The van der Waals surface area contributed by atoms with E-state index in [4.69, 9.17) is 26.6 Å². The minimum atomic E-state index is -2.55. The Kier molecular flexibility index (Phi) is 14.8. The van der Waals surface area contributed by atoms with E-state index in [1.165, 1.54) is 0 Å². The van der Waals surface area contributed by atoms with E-state index in [9.17, 15) is 0 Å². The van der Waals surface area contributed by atoms with Gasteiger partial charge in [0.1, 0.15) is 0 Å². The summed E-state index contributed by atoms with van der Waals surface area (Å²) in [7, 11) is -5.10. The SMILES string of the molecule is CCO[Si](C[Te]C[Si](OCC)(OCC)OCC)(OCC)OCC. The molecule has 0 unspecified atom stereocenters. The van der Waals surface area contributed by atoms with Crippen molar-refractivity contribution in [1.29, 1.82) is 0 Å². The van der Waals surface area contributed by atoms with Crippen molar-refractivity contribution in [2.24, 2.45) is 0 Å². The number of rotatable bonds is 16. The van der Waals surface area contributed by atoms with Crippen molar-refractivity contribution in [2.75, 3.05) is 39.6 Å². The molecule has 0 saturated carbocycles. The van der Waals surface area contributed by atoms with Gasteiger partial charge in [-0.05, 0) is 0 Å². The van der Waals surface area contributed by atoms with Gasteiger partial charge in [-0.2, -0.15) is 0 Å². The van der Waals surface area contributed by atoms with Crippen molar-refractivity contribution >= 4 is 38.5 Å². The molecule has 0 fully saturated rings. The molecule has 0 saturated heterocycles. The second-order valence-corrected chi connectivity index (χ2v) is 15.6. The third kappa shape index (κ3) is 9.30. The van der Waals surface area contributed by atoms with Gasteiger partial charge in [-0.15, -0.1) is 0 Å². The van der Waals surface area contributed by atoms with Gasteiger partial charge in [0.05, 0.1) is 0 Å². The Morgan fingerprint density at radius 1 is 0.478 bits per heavy atom. The fraction of sp³-hybridized carbons (Fsp3) is 1.00. The van der Waals surface area contributed by atoms with Crippen LogP contribution in [0.1, 0.15) is 41.5 Å². The van der Waals surface area contributed by atoms with Crippen molar-refractivity contribution in [3.05, 3.63) is 0 Å². The number of hydrogen-bond donors (Lipinski definition) is 0. The fourth-order valence-electron chi connectivity index (χ4n) is 2.12. The summed E-state index contributed by atoms with van der Waals surface area (Å²) in [5.41, 5.74) is 0. The molecule has 0 aliphatic heterocycles. The Labute approximate surface area is 154 Å². The molecule has 0 N–H and O–H groups in total. The van der Waals surface area contributed by atoms with E-state index in [0.717, 1.165) is 8.18 Å². The molecule has 0 radical (unpaired) electrons. The standard InChI is InChI=1S/C14H34O6Si2Te/c1-7-15-21(16-8-2,17-9-3)13-23-14-22(18-10-4,19-11-5)20-12-6/h7-14H2,1-6H3. The average molecular weight is 482 g/mol. The molecule has 0 spiro atoms. The van der Waals surface area contributed by atoms with Crippen LogP contribution in [0.5, 0.6) is 0 Å². The predicted octanol–water partition coefficient (Wildman–Crippen LogP) is 2.70. The average Bonchev–Trinajstić information content (AvgIpc) is 2.49. The molecule has 0 rings (SSSR count). The molecule has 9 heteroatoms. The maximum absolute atomic E-state index is 5.93. The summed E-state index contributed by atoms with van der Waals surface area (Å²) >= 11 is -0.456. The third-order valence-electron chi connectivity index (χ3n) is 2.74. The van der Waals surface area contributed by atoms with E-state index in [2.05, 4.69) is 0 Å². The van der Waals surface area contributed by atoms with Crippen LogP contribution in [0.3, 0.4) is 0 Å². The molecule has 6 nitrogen and oxygen atoms in total. The van der Waals surface area contributed by atoms with E-state index < -0.39 is 38.5 Å². The Balaban J connectivity index is 4.82. The van der Waals surface area contributed by atoms with E-state index in [1.54, 1.807) is 0 Å². The summed E-state index contributed by atoms with van der Waals surface area (Å²) in [6.45, 7) is 15.6. The minimum absolute atomic E-state index is 0.456. The van der Waals surface area contributed by atoms with Crippen LogP contribution >= 0.6 is 0 Å². The first-order valence-corrected chi connectivity index (χ1v) is 15.6. The fourth-order valence-corrected chi connectivity index (χ4v) is 17.9. The molecule has 23 heavy (non-hydrogen) atoms. The Hall–Kier alpha value is 0.983. The van der Waals surface area contributed by atoms with Crippen LogP contribution in [0.4, 0.5) is 0 Å². The summed E-state index contributed by atoms with van der Waals surface area (Å²) in [4.78, 5) is 0. The van der Waals surface area contributed by atoms with Crippen molar-refractivity contribution in [3.63, 3.8) is 0 Å². The van der Waals surface area contributed by atoms with Crippen LogP contribution in [0.15, 0.2) is 0 Å². The van der Waals surface area contributed by atoms with Crippen molar-refractivity contribution in [1.82, 2.24) is 0 Å². The summed E-state index contributed by atoms with van der Waals surface area (Å²) in [6.07, 6.45) is 0. The molecule has 0 heterocycles. The summed E-state index contributed by atoms with van der Waals surface area (Å²) in [5, 5.41) is 0. The second kappa shape index (κ2) is 14.2. The third-order valence-corrected chi connectivity index (χ3v) is 17.8. The molecular formula is C14H34O6Si2Te. The Morgan fingerprint density at radius 2 is 0.696 bits per heavy atom. The molecule has 140 valence electrons. The first kappa shape index (κ1) is 24.0. The molecule has 0 aromatic heterocycles. The summed E-state index contributed by atoms with van der Waals surface area (Å²) < 4.78 is 37.3. The van der Waals surface area contributed by atoms with Gasteiger partial charge in [-0.3, -0.25) is 0 Å². The number of hydrogen-bond acceptors (Lipinski definition) is 6. The topological polar surface area (TPSA) is 55.4 Å². The van der Waals surface area contributed by atoms with E-state index >= 15 is 0 Å². The monoisotopic (exact) mass is 484 g/mol. The van der Waals surface area contributed by atoms with Gasteiger partial charge >= 0.3 is 154 Å². The zero-order valence-corrected chi connectivity index (χ0v) is 19.8. The molecule has 0 bridgehead atoms. The van der Waals surface area contributed by atoms with Gasteiger partial charge in [-0.1, -0.05) is 0 Å². The van der Waals surface area contributed by atoms with Crippen LogP contribution in [0.25, 0.3) is 0 Å². The van der Waals surface area contributed by atoms with Gasteiger partial charge in [-0.25, -0.2) is 0 Å². The summed E-state index contributed by atoms with van der Waals surface area (Å²) in [5.74, 6) is 0. The Morgan fingerprint density at radius 3 is 0.870 bits per heavy atom. The molecule has 0 aromatic carbocycles. The van der Waals surface area contributed by atoms with Crippen LogP contribution in [-0.2, 0) is 26.6 Å². The first-order valence-electron chi connectivity index (χ1n) is 8.48. The quantitative estimate of drug-likeness (QED) is 0.316. The zero-order chi connectivity index (χ0) is 17.6. The van der Waals surface area contributed by atoms with E-state index in [-0.39, 0.29) is 0 Å². The maximum atomic E-state index is 5.93. The molecule has 0 amide bonds. The van der Waals surface area contributed by atoms with E-state index in [0.29, 0.717) is 39.6 Å². The van der Waals surface area contributed by atoms with Crippen molar-refractivity contribution in [3.8, 4) is 0 Å². The van der Waals surface area contributed by atoms with E-state index in [1.807, 2.05) is 41.5 Å². The molecule has 0 atom stereocenters. The van der Waals surface area contributed by atoms with Gasteiger partial charge in [0.15, 0.2) is 0 Å². The van der Waals surface area contributed by atoms with Crippen molar-refractivity contribution < 1.29 is 26.6 Å². The molecule has 0 aliphatic carbocycles. The second-order valence-electron chi connectivity index (χ2n) is 4.46. The Bertz CT molecular complexity index is 226. The first-order chi connectivity index (χ1) is 11.1. The summed E-state index contributed by atoms with van der Waals surface area (Å²) in [6, 6.07) is 0. The molecule has 0 aliphatic rings.